The lowest BCUT2D eigenvalue weighted by Crippen LogP contribution is -2.27. The summed E-state index contributed by atoms with van der Waals surface area (Å²) in [6.07, 6.45) is 1.60. The predicted octanol–water partition coefficient (Wildman–Crippen LogP) is 3.22. The Bertz CT molecular complexity index is 1990. The number of nitrogens with zero attached hydrogens (tertiary/aromatic N) is 4. The molecule has 0 aliphatic carbocycles. The minimum absolute atomic E-state index is 0.139. The Kier molecular flexibility index (Phi) is 8.30. The molecule has 0 aliphatic rings. The van der Waals surface area contributed by atoms with E-state index in [1.54, 1.807) is 36.6 Å². The van der Waals surface area contributed by atoms with Crippen LogP contribution in [0.25, 0.3) is 34.6 Å². The van der Waals surface area contributed by atoms with Crippen LogP contribution < -0.4 is 34.5 Å². The fourth-order valence-electron chi connectivity index (χ4n) is 4.94. The summed E-state index contributed by atoms with van der Waals surface area (Å²) in [7, 11) is 4.92. The minimum Gasteiger partial charge on any atom is -0.493 e. The van der Waals surface area contributed by atoms with E-state index in [9.17, 15) is 9.59 Å². The largest absolute Gasteiger partial charge is 0.493 e. The van der Waals surface area contributed by atoms with Crippen LogP contribution in [-0.2, 0) is 20.0 Å². The topological polar surface area (TPSA) is 113 Å². The number of aromatic nitrogens is 5. The number of H-pyrrole nitrogens is 1. The highest BCUT2D eigenvalue weighted by Gasteiger charge is 2.20. The number of methoxy groups -OCH3 is 2. The third kappa shape index (κ3) is 5.47. The summed E-state index contributed by atoms with van der Waals surface area (Å²) >= 11 is 1.34. The monoisotopic (exact) mass is 587 g/mol. The fourth-order valence-corrected chi connectivity index (χ4v) is 5.74. The zero-order valence-corrected chi connectivity index (χ0v) is 25.1. The molecular weight excluding hydrogens is 554 g/mol. The summed E-state index contributed by atoms with van der Waals surface area (Å²) < 4.78 is 21.5. The Labute approximate surface area is 246 Å². The van der Waals surface area contributed by atoms with Crippen LogP contribution in [0.5, 0.6) is 17.2 Å². The van der Waals surface area contributed by atoms with Gasteiger partial charge in [0.15, 0.2) is 17.0 Å². The fraction of sp³-hybridized carbons (Fsp3) is 0.290. The highest BCUT2D eigenvalue weighted by molar-refractivity contribution is 7.07. The van der Waals surface area contributed by atoms with Crippen LogP contribution in [-0.4, -0.2) is 45.1 Å². The number of fused-ring (bicyclic) bond motifs is 1. The second-order valence-electron chi connectivity index (χ2n) is 9.79. The van der Waals surface area contributed by atoms with Gasteiger partial charge in [0, 0.05) is 12.6 Å². The SMILES string of the molecule is C=c1[nH]c(=O)/c(=C(/C)c2ccc(OCCn3c(-c4ccc(OC)c(OC)c4)nc4c(CCC)nn(C)c4c3=O)cc2)s1. The van der Waals surface area contributed by atoms with Crippen LogP contribution in [0, 0.1) is 0 Å². The first-order valence-electron chi connectivity index (χ1n) is 13.6. The molecule has 10 nitrogen and oxygen atoms in total. The highest BCUT2D eigenvalue weighted by atomic mass is 32.1. The van der Waals surface area contributed by atoms with Crippen LogP contribution in [0.3, 0.4) is 0 Å². The van der Waals surface area contributed by atoms with E-state index in [-0.39, 0.29) is 24.3 Å². The summed E-state index contributed by atoms with van der Waals surface area (Å²) in [5.41, 5.74) is 4.00. The quantitative estimate of drug-likeness (QED) is 0.267. The van der Waals surface area contributed by atoms with Crippen molar-refractivity contribution in [1.29, 1.82) is 0 Å². The molecule has 218 valence electrons. The van der Waals surface area contributed by atoms with Gasteiger partial charge in [-0.1, -0.05) is 32.1 Å². The van der Waals surface area contributed by atoms with Gasteiger partial charge in [-0.25, -0.2) is 4.98 Å². The number of hydrogen-bond donors (Lipinski definition) is 1. The summed E-state index contributed by atoms with van der Waals surface area (Å²) in [6, 6.07) is 13.0. The summed E-state index contributed by atoms with van der Waals surface area (Å²) in [4.78, 5) is 33.7. The van der Waals surface area contributed by atoms with Crippen molar-refractivity contribution >= 4 is 34.5 Å². The molecule has 0 atom stereocenters. The lowest BCUT2D eigenvalue weighted by Gasteiger charge is -2.15. The number of benzene rings is 2. The van der Waals surface area contributed by atoms with Crippen molar-refractivity contribution in [3.05, 3.63) is 83.6 Å². The number of thiazole rings is 1. The molecule has 42 heavy (non-hydrogen) atoms. The van der Waals surface area contributed by atoms with E-state index in [0.717, 1.165) is 23.3 Å². The molecular formula is C31H33N5O5S. The summed E-state index contributed by atoms with van der Waals surface area (Å²) in [5, 5.41) is 4.59. The molecule has 0 saturated heterocycles. The van der Waals surface area contributed by atoms with Gasteiger partial charge in [0.25, 0.3) is 11.1 Å². The Morgan fingerprint density at radius 3 is 2.45 bits per heavy atom. The third-order valence-corrected chi connectivity index (χ3v) is 8.08. The van der Waals surface area contributed by atoms with Crippen LogP contribution in [0.1, 0.15) is 31.5 Å². The molecule has 0 amide bonds. The Balaban J connectivity index is 1.48. The third-order valence-electron chi connectivity index (χ3n) is 7.04. The predicted molar refractivity (Wildman–Crippen MR) is 165 cm³/mol. The highest BCUT2D eigenvalue weighted by Crippen LogP contribution is 2.32. The first-order chi connectivity index (χ1) is 20.2. The van der Waals surface area contributed by atoms with Gasteiger partial charge in [-0.15, -0.1) is 11.3 Å². The molecule has 5 aromatic rings. The molecule has 11 heteroatoms. The maximum absolute atomic E-state index is 13.9. The molecule has 0 aliphatic heterocycles. The van der Waals surface area contributed by atoms with E-state index in [2.05, 4.69) is 23.6 Å². The number of nitrogens with one attached hydrogen (secondary N) is 1. The van der Waals surface area contributed by atoms with Gasteiger partial charge in [0.2, 0.25) is 0 Å². The summed E-state index contributed by atoms with van der Waals surface area (Å²) in [6.45, 7) is 8.27. The summed E-state index contributed by atoms with van der Waals surface area (Å²) in [5.74, 6) is 2.26. The zero-order chi connectivity index (χ0) is 30.0. The number of ether oxygens (including phenoxy) is 3. The van der Waals surface area contributed by atoms with Crippen molar-refractivity contribution in [1.82, 2.24) is 24.3 Å². The van der Waals surface area contributed by atoms with Crippen molar-refractivity contribution in [3.63, 3.8) is 0 Å². The Hall–Kier alpha value is -4.64. The number of aromatic amines is 1. The second kappa shape index (κ2) is 12.1. The molecule has 2 aromatic carbocycles. The van der Waals surface area contributed by atoms with E-state index >= 15 is 0 Å². The van der Waals surface area contributed by atoms with E-state index in [1.165, 1.54) is 11.3 Å². The number of aryl methyl sites for hydroxylation is 2. The smallest absolute Gasteiger partial charge is 0.280 e. The first kappa shape index (κ1) is 28.9. The van der Waals surface area contributed by atoms with Crippen molar-refractivity contribution in [2.75, 3.05) is 20.8 Å². The van der Waals surface area contributed by atoms with Gasteiger partial charge in [0.05, 0.1) is 35.7 Å². The molecule has 0 fully saturated rings. The lowest BCUT2D eigenvalue weighted by atomic mass is 10.1. The van der Waals surface area contributed by atoms with Gasteiger partial charge in [-0.2, -0.15) is 5.10 Å². The Morgan fingerprint density at radius 2 is 1.81 bits per heavy atom. The van der Waals surface area contributed by atoms with Crippen LogP contribution in [0.2, 0.25) is 0 Å². The van der Waals surface area contributed by atoms with Crippen molar-refractivity contribution in [2.45, 2.75) is 33.2 Å². The molecule has 0 unspecified atom stereocenters. The Morgan fingerprint density at radius 1 is 1.07 bits per heavy atom. The molecule has 0 radical (unpaired) electrons. The van der Waals surface area contributed by atoms with Crippen LogP contribution in [0.4, 0.5) is 0 Å². The van der Waals surface area contributed by atoms with Gasteiger partial charge in [-0.05, 0) is 54.8 Å². The van der Waals surface area contributed by atoms with Gasteiger partial charge < -0.3 is 19.2 Å². The number of rotatable bonds is 10. The van der Waals surface area contributed by atoms with Crippen molar-refractivity contribution < 1.29 is 14.2 Å². The minimum atomic E-state index is -0.197. The van der Waals surface area contributed by atoms with Crippen molar-refractivity contribution in [2.24, 2.45) is 7.05 Å². The second-order valence-corrected chi connectivity index (χ2v) is 10.9. The van der Waals surface area contributed by atoms with Gasteiger partial charge in [-0.3, -0.25) is 18.8 Å². The lowest BCUT2D eigenvalue weighted by molar-refractivity contribution is 0.297. The molecule has 0 bridgehead atoms. The van der Waals surface area contributed by atoms with Gasteiger partial charge >= 0.3 is 0 Å². The maximum atomic E-state index is 13.9. The molecule has 0 saturated carbocycles. The zero-order valence-electron chi connectivity index (χ0n) is 24.3. The molecule has 3 heterocycles. The standard InChI is InChI=1S/C31H33N5O5S/c1-7-8-23-26-27(35(4)34-23)31(38)36(29(33-26)21-11-14-24(39-5)25(17-21)40-6)15-16-41-22-12-9-20(10-13-22)18(2)28-30(37)32-19(3)42-28/h9-14,17H,3,7-8,15-16H2,1-2,4-6H3,(H,32,37)/b28-18+. The molecule has 5 rings (SSSR count). The number of hydrogen-bond acceptors (Lipinski definition) is 8. The van der Waals surface area contributed by atoms with Crippen LogP contribution in [0.15, 0.2) is 52.1 Å². The van der Waals surface area contributed by atoms with Gasteiger partial charge in [0.1, 0.15) is 23.7 Å². The normalized spacial score (nSPS) is 12.0. The van der Waals surface area contributed by atoms with E-state index in [1.807, 2.05) is 43.3 Å². The average Bonchev–Trinajstić information content (AvgIpc) is 3.50. The molecule has 0 spiro atoms. The van der Waals surface area contributed by atoms with Crippen LogP contribution >= 0.6 is 11.3 Å². The molecule has 3 aromatic heterocycles. The van der Waals surface area contributed by atoms with E-state index < -0.39 is 0 Å². The van der Waals surface area contributed by atoms with E-state index in [0.29, 0.717) is 55.3 Å². The van der Waals surface area contributed by atoms with E-state index in [4.69, 9.17) is 19.2 Å². The first-order valence-corrected chi connectivity index (χ1v) is 14.4. The van der Waals surface area contributed by atoms with Crippen molar-refractivity contribution in [3.8, 4) is 28.6 Å². The maximum Gasteiger partial charge on any atom is 0.280 e. The molecule has 1 N–H and O–H groups in total. The average molecular weight is 588 g/mol.